The molecular weight excluding hydrogens is 258 g/mol. The minimum absolute atomic E-state index is 0.0704. The molecule has 3 nitrogen and oxygen atoms in total. The third-order valence-electron chi connectivity index (χ3n) is 2.89. The van der Waals surface area contributed by atoms with E-state index in [0.717, 1.165) is 16.7 Å². The SMILES string of the molecule is CSc1cc(-c2ccc(C)cc2C)oc(=O)c1C#N. The number of nitrogens with zero attached hydrogens (tertiary/aromatic N) is 1. The maximum absolute atomic E-state index is 11.8. The van der Waals surface area contributed by atoms with Gasteiger partial charge in [0.25, 0.3) is 0 Å². The Morgan fingerprint density at radius 1 is 1.26 bits per heavy atom. The summed E-state index contributed by atoms with van der Waals surface area (Å²) < 4.78 is 5.26. The molecule has 19 heavy (non-hydrogen) atoms. The van der Waals surface area contributed by atoms with Gasteiger partial charge in [-0.15, -0.1) is 11.8 Å². The Bertz CT molecular complexity index is 726. The van der Waals surface area contributed by atoms with E-state index in [4.69, 9.17) is 9.68 Å². The van der Waals surface area contributed by atoms with Crippen LogP contribution in [0.15, 0.2) is 38.4 Å². The minimum atomic E-state index is -0.579. The molecule has 96 valence electrons. The van der Waals surface area contributed by atoms with Crippen molar-refractivity contribution in [1.29, 1.82) is 5.26 Å². The lowest BCUT2D eigenvalue weighted by atomic mass is 10.0. The lowest BCUT2D eigenvalue weighted by Gasteiger charge is -2.07. The standard InChI is InChI=1S/C15H13NO2S/c1-9-4-5-11(10(2)6-9)13-7-14(19-3)12(8-16)15(17)18-13/h4-7H,1-3H3. The molecule has 0 saturated heterocycles. The average Bonchev–Trinajstić information content (AvgIpc) is 2.37. The Morgan fingerprint density at radius 2 is 2.00 bits per heavy atom. The molecule has 1 heterocycles. The van der Waals surface area contributed by atoms with Gasteiger partial charge in [0.05, 0.1) is 0 Å². The van der Waals surface area contributed by atoms with Gasteiger partial charge in [-0.3, -0.25) is 0 Å². The number of aryl methyl sites for hydroxylation is 2. The van der Waals surface area contributed by atoms with Gasteiger partial charge in [-0.05, 0) is 31.7 Å². The zero-order chi connectivity index (χ0) is 14.0. The normalized spacial score (nSPS) is 10.2. The fourth-order valence-corrected chi connectivity index (χ4v) is 2.51. The summed E-state index contributed by atoms with van der Waals surface area (Å²) in [5.41, 5.74) is 2.56. The highest BCUT2D eigenvalue weighted by atomic mass is 32.2. The van der Waals surface area contributed by atoms with Gasteiger partial charge in [0, 0.05) is 10.5 Å². The molecule has 0 amide bonds. The number of hydrogen-bond donors (Lipinski definition) is 0. The highest BCUT2D eigenvalue weighted by Crippen LogP contribution is 2.27. The van der Waals surface area contributed by atoms with Crippen molar-refractivity contribution in [3.05, 3.63) is 51.4 Å². The Morgan fingerprint density at radius 3 is 2.58 bits per heavy atom. The first-order chi connectivity index (χ1) is 9.06. The third-order valence-corrected chi connectivity index (χ3v) is 3.66. The van der Waals surface area contributed by atoms with Gasteiger partial charge in [0.15, 0.2) is 5.56 Å². The van der Waals surface area contributed by atoms with Crippen molar-refractivity contribution in [3.63, 3.8) is 0 Å². The number of rotatable bonds is 2. The van der Waals surface area contributed by atoms with Gasteiger partial charge in [-0.1, -0.05) is 23.8 Å². The summed E-state index contributed by atoms with van der Waals surface area (Å²) in [7, 11) is 0. The molecule has 0 bridgehead atoms. The van der Waals surface area contributed by atoms with Crippen molar-refractivity contribution in [2.45, 2.75) is 18.7 Å². The molecule has 0 N–H and O–H groups in total. The van der Waals surface area contributed by atoms with Crippen LogP contribution in [0, 0.1) is 25.2 Å². The second-order valence-electron chi connectivity index (χ2n) is 4.27. The first-order valence-corrected chi connectivity index (χ1v) is 6.99. The number of thioether (sulfide) groups is 1. The van der Waals surface area contributed by atoms with Gasteiger partial charge in [-0.25, -0.2) is 4.79 Å². The third kappa shape index (κ3) is 2.56. The number of hydrogen-bond acceptors (Lipinski definition) is 4. The second-order valence-corrected chi connectivity index (χ2v) is 5.12. The van der Waals surface area contributed by atoms with Crippen molar-refractivity contribution in [1.82, 2.24) is 0 Å². The molecule has 0 aliphatic heterocycles. The number of benzene rings is 1. The fraction of sp³-hybridized carbons (Fsp3) is 0.200. The van der Waals surface area contributed by atoms with Crippen LogP contribution in [0.25, 0.3) is 11.3 Å². The van der Waals surface area contributed by atoms with Crippen molar-refractivity contribution < 1.29 is 4.42 Å². The predicted molar refractivity (Wildman–Crippen MR) is 76.4 cm³/mol. The van der Waals surface area contributed by atoms with Crippen LogP contribution in [0.3, 0.4) is 0 Å². The first kappa shape index (κ1) is 13.4. The van der Waals surface area contributed by atoms with Crippen LogP contribution in [0.4, 0.5) is 0 Å². The summed E-state index contributed by atoms with van der Waals surface area (Å²) in [4.78, 5) is 12.4. The van der Waals surface area contributed by atoms with Gasteiger partial charge in [-0.2, -0.15) is 5.26 Å². The summed E-state index contributed by atoms with van der Waals surface area (Å²) in [6, 6.07) is 9.58. The summed E-state index contributed by atoms with van der Waals surface area (Å²) in [6.45, 7) is 3.98. The van der Waals surface area contributed by atoms with E-state index in [1.54, 1.807) is 6.07 Å². The van der Waals surface area contributed by atoms with Crippen LogP contribution < -0.4 is 5.63 Å². The fourth-order valence-electron chi connectivity index (χ4n) is 1.96. The molecule has 0 aliphatic rings. The van der Waals surface area contributed by atoms with Crippen molar-refractivity contribution in [2.75, 3.05) is 6.26 Å². The first-order valence-electron chi connectivity index (χ1n) is 5.76. The van der Waals surface area contributed by atoms with Crippen molar-refractivity contribution >= 4 is 11.8 Å². The van der Waals surface area contributed by atoms with Gasteiger partial charge < -0.3 is 4.42 Å². The molecule has 1 aromatic heterocycles. The topological polar surface area (TPSA) is 54.0 Å². The van der Waals surface area contributed by atoms with Crippen LogP contribution in [-0.4, -0.2) is 6.26 Å². The molecule has 2 rings (SSSR count). The van der Waals surface area contributed by atoms with Crippen LogP contribution in [0.5, 0.6) is 0 Å². The summed E-state index contributed by atoms with van der Waals surface area (Å²) in [5, 5.41) is 8.96. The second kappa shape index (κ2) is 5.33. The van der Waals surface area contributed by atoms with Crippen LogP contribution in [0.2, 0.25) is 0 Å². The Labute approximate surface area is 115 Å². The lowest BCUT2D eigenvalue weighted by molar-refractivity contribution is 0.518. The van der Waals surface area contributed by atoms with Crippen molar-refractivity contribution in [3.8, 4) is 17.4 Å². The summed E-state index contributed by atoms with van der Waals surface area (Å²) in [5.74, 6) is 0.505. The Balaban J connectivity index is 2.68. The maximum Gasteiger partial charge on any atom is 0.355 e. The van der Waals surface area contributed by atoms with E-state index in [-0.39, 0.29) is 5.56 Å². The molecule has 0 radical (unpaired) electrons. The minimum Gasteiger partial charge on any atom is -0.422 e. The van der Waals surface area contributed by atoms with E-state index in [2.05, 4.69) is 0 Å². The predicted octanol–water partition coefficient (Wildman–Crippen LogP) is 3.52. The molecule has 0 atom stereocenters. The molecule has 1 aromatic carbocycles. The average molecular weight is 271 g/mol. The monoisotopic (exact) mass is 271 g/mol. The molecular formula is C15H13NO2S. The summed E-state index contributed by atoms with van der Waals surface area (Å²) >= 11 is 1.37. The molecule has 0 spiro atoms. The van der Waals surface area contributed by atoms with E-state index in [1.807, 2.05) is 44.4 Å². The number of nitriles is 1. The van der Waals surface area contributed by atoms with Gasteiger partial charge in [0.2, 0.25) is 0 Å². The molecule has 0 fully saturated rings. The van der Waals surface area contributed by atoms with E-state index in [9.17, 15) is 4.79 Å². The molecule has 0 unspecified atom stereocenters. The highest BCUT2D eigenvalue weighted by molar-refractivity contribution is 7.98. The van der Waals surface area contributed by atoms with Crippen LogP contribution in [0.1, 0.15) is 16.7 Å². The summed E-state index contributed by atoms with van der Waals surface area (Å²) in [6.07, 6.45) is 1.83. The zero-order valence-electron chi connectivity index (χ0n) is 11.0. The quantitative estimate of drug-likeness (QED) is 0.784. The van der Waals surface area contributed by atoms with E-state index in [1.165, 1.54) is 11.8 Å². The van der Waals surface area contributed by atoms with E-state index in [0.29, 0.717) is 10.7 Å². The highest BCUT2D eigenvalue weighted by Gasteiger charge is 2.13. The smallest absolute Gasteiger partial charge is 0.355 e. The molecule has 2 aromatic rings. The van der Waals surface area contributed by atoms with E-state index < -0.39 is 5.63 Å². The van der Waals surface area contributed by atoms with Gasteiger partial charge in [0.1, 0.15) is 11.8 Å². The maximum atomic E-state index is 11.8. The zero-order valence-corrected chi connectivity index (χ0v) is 11.8. The van der Waals surface area contributed by atoms with Gasteiger partial charge >= 0.3 is 5.63 Å². The largest absolute Gasteiger partial charge is 0.422 e. The van der Waals surface area contributed by atoms with Crippen molar-refractivity contribution in [2.24, 2.45) is 0 Å². The van der Waals surface area contributed by atoms with Crippen LogP contribution >= 0.6 is 11.8 Å². The molecule has 0 aliphatic carbocycles. The molecule has 4 heteroatoms. The van der Waals surface area contributed by atoms with E-state index >= 15 is 0 Å². The molecule has 0 saturated carbocycles. The Hall–Kier alpha value is -1.99. The lowest BCUT2D eigenvalue weighted by Crippen LogP contribution is -2.06. The Kier molecular flexibility index (Phi) is 3.77. The van der Waals surface area contributed by atoms with Crippen LogP contribution in [-0.2, 0) is 0 Å².